The zero-order valence-electron chi connectivity index (χ0n) is 56.0. The number of rotatable bonds is 72. The Labute approximate surface area is 514 Å². The predicted octanol–water partition coefficient (Wildman–Crippen LogP) is 24.7. The summed E-state index contributed by atoms with van der Waals surface area (Å²) in [5.41, 5.74) is 0. The summed E-state index contributed by atoms with van der Waals surface area (Å²) < 4.78 is 5.52. The van der Waals surface area contributed by atoms with Gasteiger partial charge >= 0.3 is 5.97 Å². The van der Waals surface area contributed by atoms with E-state index in [9.17, 15) is 19.8 Å². The van der Waals surface area contributed by atoms with Crippen LogP contribution in [0.3, 0.4) is 0 Å². The fraction of sp³-hybridized carbons (Fsp3) is 0.947. The van der Waals surface area contributed by atoms with Crippen molar-refractivity contribution in [3.05, 3.63) is 12.2 Å². The standard InChI is InChI=1S/C76H149NO5/c1-3-5-7-9-11-13-15-17-19-21-33-38-42-46-50-54-58-62-66-70-76(81)82-71-67-63-59-55-51-47-43-39-35-32-30-28-26-24-23-25-27-29-31-34-37-41-45-49-53-57-61-65-69-75(80)77-73(72-78)74(79)68-64-60-56-52-48-44-40-36-22-20-18-16-14-12-10-8-6-4-2/h17,19,73-74,78-79H,3-16,18,20-72H2,1-2H3,(H,77,80)/b19-17-. The molecule has 488 valence electrons. The van der Waals surface area contributed by atoms with Gasteiger partial charge in [0.1, 0.15) is 0 Å². The van der Waals surface area contributed by atoms with Crippen molar-refractivity contribution in [2.75, 3.05) is 13.2 Å². The molecule has 0 aliphatic carbocycles. The van der Waals surface area contributed by atoms with E-state index in [0.29, 0.717) is 25.9 Å². The van der Waals surface area contributed by atoms with Gasteiger partial charge in [0.15, 0.2) is 0 Å². The minimum atomic E-state index is -0.662. The van der Waals surface area contributed by atoms with Crippen molar-refractivity contribution < 1.29 is 24.5 Å². The summed E-state index contributed by atoms with van der Waals surface area (Å²) in [6.45, 7) is 5.00. The molecule has 0 bridgehead atoms. The number of hydrogen-bond acceptors (Lipinski definition) is 5. The molecule has 3 N–H and O–H groups in total. The summed E-state index contributed by atoms with van der Waals surface area (Å²) in [5.74, 6) is -0.00742. The molecule has 82 heavy (non-hydrogen) atoms. The molecule has 0 aromatic heterocycles. The van der Waals surface area contributed by atoms with Crippen LogP contribution in [-0.2, 0) is 14.3 Å². The highest BCUT2D eigenvalue weighted by Gasteiger charge is 2.20. The van der Waals surface area contributed by atoms with Crippen LogP contribution in [0.2, 0.25) is 0 Å². The van der Waals surface area contributed by atoms with Gasteiger partial charge in [0.2, 0.25) is 5.91 Å². The molecule has 0 aliphatic rings. The molecule has 0 aromatic rings. The number of carbonyl (C=O) groups excluding carboxylic acids is 2. The smallest absolute Gasteiger partial charge is 0.305 e. The molecule has 1 amide bonds. The van der Waals surface area contributed by atoms with Gasteiger partial charge in [0, 0.05) is 12.8 Å². The van der Waals surface area contributed by atoms with Crippen LogP contribution in [-0.4, -0.2) is 47.4 Å². The Morgan fingerprint density at radius 1 is 0.329 bits per heavy atom. The Morgan fingerprint density at radius 3 is 0.866 bits per heavy atom. The zero-order valence-corrected chi connectivity index (χ0v) is 56.0. The normalized spacial score (nSPS) is 12.5. The van der Waals surface area contributed by atoms with Gasteiger partial charge < -0.3 is 20.3 Å². The number of esters is 1. The van der Waals surface area contributed by atoms with Gasteiger partial charge in [0.05, 0.1) is 25.4 Å². The molecule has 2 atom stereocenters. The van der Waals surface area contributed by atoms with Crippen molar-refractivity contribution in [1.82, 2.24) is 5.32 Å². The molecule has 0 radical (unpaired) electrons. The van der Waals surface area contributed by atoms with E-state index < -0.39 is 12.1 Å². The second-order valence-electron chi connectivity index (χ2n) is 26.3. The van der Waals surface area contributed by atoms with Crippen LogP contribution >= 0.6 is 0 Å². The monoisotopic (exact) mass is 1160 g/mol. The number of nitrogens with one attached hydrogen (secondary N) is 1. The number of aliphatic hydroxyl groups excluding tert-OH is 2. The predicted molar refractivity (Wildman–Crippen MR) is 361 cm³/mol. The zero-order chi connectivity index (χ0) is 59.2. The Morgan fingerprint density at radius 2 is 0.573 bits per heavy atom. The third kappa shape index (κ3) is 67.7. The number of hydrogen-bond donors (Lipinski definition) is 3. The molecule has 0 spiro atoms. The lowest BCUT2D eigenvalue weighted by atomic mass is 10.0. The van der Waals surface area contributed by atoms with Crippen molar-refractivity contribution in [1.29, 1.82) is 0 Å². The van der Waals surface area contributed by atoms with E-state index in [1.165, 1.54) is 366 Å². The van der Waals surface area contributed by atoms with Gasteiger partial charge in [-0.05, 0) is 51.4 Å². The Bertz CT molecular complexity index is 1240. The van der Waals surface area contributed by atoms with Gasteiger partial charge in [-0.15, -0.1) is 0 Å². The third-order valence-electron chi connectivity index (χ3n) is 18.1. The summed E-state index contributed by atoms with van der Waals surface area (Å²) in [6.07, 6.45) is 90.0. The molecule has 6 heteroatoms. The van der Waals surface area contributed by atoms with Gasteiger partial charge in [0.25, 0.3) is 0 Å². The number of carbonyl (C=O) groups is 2. The minimum absolute atomic E-state index is 0.0197. The van der Waals surface area contributed by atoms with E-state index in [-0.39, 0.29) is 18.5 Å². The first-order valence-corrected chi connectivity index (χ1v) is 37.9. The third-order valence-corrected chi connectivity index (χ3v) is 18.1. The highest BCUT2D eigenvalue weighted by Crippen LogP contribution is 2.20. The molecule has 0 rings (SSSR count). The summed E-state index contributed by atoms with van der Waals surface area (Å²) in [6, 6.07) is -0.539. The number of aliphatic hydroxyl groups is 2. The fourth-order valence-electron chi connectivity index (χ4n) is 12.3. The Balaban J connectivity index is 3.32. The Hall–Kier alpha value is -1.40. The first-order chi connectivity index (χ1) is 40.5. The van der Waals surface area contributed by atoms with E-state index >= 15 is 0 Å². The lowest BCUT2D eigenvalue weighted by Crippen LogP contribution is -2.45. The second kappa shape index (κ2) is 72.1. The minimum Gasteiger partial charge on any atom is -0.466 e. The summed E-state index contributed by atoms with van der Waals surface area (Å²) in [4.78, 5) is 24.7. The number of unbranched alkanes of at least 4 members (excludes halogenated alkanes) is 59. The molecule has 0 aromatic carbocycles. The van der Waals surface area contributed by atoms with Crippen LogP contribution in [0.15, 0.2) is 12.2 Å². The van der Waals surface area contributed by atoms with Crippen molar-refractivity contribution in [2.45, 2.75) is 450 Å². The average Bonchev–Trinajstić information content (AvgIpc) is 3.48. The lowest BCUT2D eigenvalue weighted by molar-refractivity contribution is -0.143. The summed E-state index contributed by atoms with van der Waals surface area (Å²) in [5, 5.41) is 23.4. The SMILES string of the molecule is CCCCCCCC/C=C\CCCCCCCCCCCC(=O)OCCCCCCCCCCCCCCCCCCCCCCCCCCCCCCC(=O)NC(CO)C(O)CCCCCCCCCCCCCCCCCCCC. The summed E-state index contributed by atoms with van der Waals surface area (Å²) >= 11 is 0. The maximum absolute atomic E-state index is 12.5. The first kappa shape index (κ1) is 80.6. The maximum Gasteiger partial charge on any atom is 0.305 e. The van der Waals surface area contributed by atoms with Crippen LogP contribution < -0.4 is 5.32 Å². The molecule has 0 aliphatic heterocycles. The number of allylic oxidation sites excluding steroid dienone is 2. The quantitative estimate of drug-likeness (QED) is 0.0320. The topological polar surface area (TPSA) is 95.9 Å². The highest BCUT2D eigenvalue weighted by atomic mass is 16.5. The van der Waals surface area contributed by atoms with Crippen LogP contribution in [0.1, 0.15) is 438 Å². The molecule has 0 heterocycles. The maximum atomic E-state index is 12.5. The fourth-order valence-corrected chi connectivity index (χ4v) is 12.3. The van der Waals surface area contributed by atoms with E-state index in [1.807, 2.05) is 0 Å². The Kier molecular flexibility index (Phi) is 70.8. The molecular formula is C76H149NO5. The van der Waals surface area contributed by atoms with Crippen LogP contribution in [0.4, 0.5) is 0 Å². The number of ether oxygens (including phenoxy) is 1. The molecule has 0 saturated heterocycles. The molecule has 6 nitrogen and oxygen atoms in total. The van der Waals surface area contributed by atoms with Gasteiger partial charge in [-0.25, -0.2) is 0 Å². The number of amides is 1. The average molecular weight is 1160 g/mol. The van der Waals surface area contributed by atoms with E-state index in [1.54, 1.807) is 0 Å². The van der Waals surface area contributed by atoms with Crippen molar-refractivity contribution in [2.24, 2.45) is 0 Å². The largest absolute Gasteiger partial charge is 0.466 e. The van der Waals surface area contributed by atoms with Gasteiger partial charge in [-0.2, -0.15) is 0 Å². The van der Waals surface area contributed by atoms with Crippen LogP contribution in [0.25, 0.3) is 0 Å². The van der Waals surface area contributed by atoms with E-state index in [4.69, 9.17) is 4.74 Å². The highest BCUT2D eigenvalue weighted by molar-refractivity contribution is 5.76. The molecule has 0 fully saturated rings. The van der Waals surface area contributed by atoms with E-state index in [2.05, 4.69) is 31.3 Å². The first-order valence-electron chi connectivity index (χ1n) is 37.9. The molecule has 2 unspecified atom stereocenters. The molecule has 0 saturated carbocycles. The molecular weight excluding hydrogens is 1010 g/mol. The van der Waals surface area contributed by atoms with Gasteiger partial charge in [-0.1, -0.05) is 386 Å². The van der Waals surface area contributed by atoms with E-state index in [0.717, 1.165) is 38.5 Å². The van der Waals surface area contributed by atoms with Crippen molar-refractivity contribution in [3.63, 3.8) is 0 Å². The van der Waals surface area contributed by atoms with Crippen molar-refractivity contribution in [3.8, 4) is 0 Å². The van der Waals surface area contributed by atoms with Crippen LogP contribution in [0, 0.1) is 0 Å². The van der Waals surface area contributed by atoms with Crippen molar-refractivity contribution >= 4 is 11.9 Å². The lowest BCUT2D eigenvalue weighted by Gasteiger charge is -2.22. The second-order valence-corrected chi connectivity index (χ2v) is 26.3. The van der Waals surface area contributed by atoms with Gasteiger partial charge in [-0.3, -0.25) is 9.59 Å². The summed E-state index contributed by atoms with van der Waals surface area (Å²) in [7, 11) is 0. The van der Waals surface area contributed by atoms with Crippen LogP contribution in [0.5, 0.6) is 0 Å².